The number of ketones is 1. The smallest absolute Gasteiger partial charge is 0.187 e. The summed E-state index contributed by atoms with van der Waals surface area (Å²) in [5.41, 5.74) is 3.85. The maximum absolute atomic E-state index is 13.0. The lowest BCUT2D eigenvalue weighted by Crippen LogP contribution is -2.34. The topological polar surface area (TPSA) is 20.3 Å². The molecule has 0 N–H and O–H groups in total. The minimum atomic E-state index is 0.158. The van der Waals surface area contributed by atoms with Gasteiger partial charge < -0.3 is 0 Å². The molecule has 0 radical (unpaired) electrons. The summed E-state index contributed by atoms with van der Waals surface area (Å²) in [6, 6.07) is 16.7. The molecule has 26 heavy (non-hydrogen) atoms. The van der Waals surface area contributed by atoms with Crippen LogP contribution in [0.1, 0.15) is 11.1 Å². The number of benzene rings is 2. The van der Waals surface area contributed by atoms with Crippen molar-refractivity contribution in [3.8, 4) is 0 Å². The third-order valence-electron chi connectivity index (χ3n) is 4.38. The number of carbonyl (C=O) groups is 1. The van der Waals surface area contributed by atoms with E-state index in [2.05, 4.69) is 73.0 Å². The van der Waals surface area contributed by atoms with Crippen molar-refractivity contribution in [1.82, 2.24) is 4.90 Å². The Bertz CT molecular complexity index is 766. The average molecular weight is 382 g/mol. The largest absolute Gasteiger partial charge is 0.298 e. The lowest BCUT2D eigenvalue weighted by Gasteiger charge is -2.26. The van der Waals surface area contributed by atoms with Gasteiger partial charge in [-0.1, -0.05) is 24.3 Å². The summed E-state index contributed by atoms with van der Waals surface area (Å²) in [5.74, 6) is 0.158. The van der Waals surface area contributed by atoms with Crippen LogP contribution in [0.3, 0.4) is 0 Å². The van der Waals surface area contributed by atoms with Crippen LogP contribution in [0, 0.1) is 0 Å². The Labute approximate surface area is 164 Å². The molecule has 134 valence electrons. The molecule has 0 bridgehead atoms. The Kier molecular flexibility index (Phi) is 6.41. The number of hydrogen-bond donors (Lipinski definition) is 0. The Morgan fingerprint density at radius 1 is 0.769 bits per heavy atom. The molecule has 2 nitrogen and oxygen atoms in total. The zero-order valence-electron chi connectivity index (χ0n) is 15.4. The first-order chi connectivity index (χ1) is 12.6. The van der Waals surface area contributed by atoms with Crippen LogP contribution in [0.25, 0.3) is 12.2 Å². The van der Waals surface area contributed by atoms with E-state index in [-0.39, 0.29) is 5.78 Å². The molecule has 0 spiro atoms. The van der Waals surface area contributed by atoms with Crippen LogP contribution in [-0.2, 0) is 4.79 Å². The van der Waals surface area contributed by atoms with Gasteiger partial charge in [0.15, 0.2) is 5.78 Å². The van der Waals surface area contributed by atoms with E-state index in [0.717, 1.165) is 22.3 Å². The molecule has 4 heteroatoms. The molecule has 2 aromatic carbocycles. The standard InChI is InChI=1S/C22H23NOS2/c1-23-14-18(12-16-4-8-20(25-2)9-5-16)22(24)19(15-23)13-17-6-10-21(26-3)11-7-17/h4-13H,14-15H2,1-3H3/b18-12-,19-13+. The van der Waals surface area contributed by atoms with Crippen LogP contribution in [0.15, 0.2) is 69.5 Å². The first-order valence-corrected chi connectivity index (χ1v) is 11.0. The zero-order valence-corrected chi connectivity index (χ0v) is 17.0. The van der Waals surface area contributed by atoms with Gasteiger partial charge in [-0.05, 0) is 67.1 Å². The Balaban J connectivity index is 1.86. The second-order valence-corrected chi connectivity index (χ2v) is 8.15. The zero-order chi connectivity index (χ0) is 18.5. The molecule has 0 aliphatic carbocycles. The Hall–Kier alpha value is -1.75. The normalized spacial score (nSPS) is 18.7. The number of likely N-dealkylation sites (N-methyl/N-ethyl adjacent to an activating group) is 1. The van der Waals surface area contributed by atoms with E-state index in [0.29, 0.717) is 13.1 Å². The third kappa shape index (κ3) is 4.70. The number of thioether (sulfide) groups is 2. The average Bonchev–Trinajstić information content (AvgIpc) is 2.66. The minimum absolute atomic E-state index is 0.158. The van der Waals surface area contributed by atoms with Gasteiger partial charge in [0.05, 0.1) is 0 Å². The van der Waals surface area contributed by atoms with E-state index < -0.39 is 0 Å². The van der Waals surface area contributed by atoms with Gasteiger partial charge in [0.2, 0.25) is 0 Å². The molecule has 1 heterocycles. The molecule has 0 saturated carbocycles. The van der Waals surface area contributed by atoms with E-state index >= 15 is 0 Å². The Morgan fingerprint density at radius 3 is 1.50 bits per heavy atom. The fraction of sp³-hybridized carbons (Fsp3) is 0.227. The third-order valence-corrected chi connectivity index (χ3v) is 5.86. The summed E-state index contributed by atoms with van der Waals surface area (Å²) >= 11 is 3.44. The summed E-state index contributed by atoms with van der Waals surface area (Å²) in [7, 11) is 2.06. The first-order valence-electron chi connectivity index (χ1n) is 8.51. The highest BCUT2D eigenvalue weighted by Crippen LogP contribution is 2.23. The van der Waals surface area contributed by atoms with Gasteiger partial charge in [0.1, 0.15) is 0 Å². The van der Waals surface area contributed by atoms with Crippen molar-refractivity contribution in [1.29, 1.82) is 0 Å². The van der Waals surface area contributed by atoms with Gasteiger partial charge in [0, 0.05) is 34.0 Å². The predicted molar refractivity (Wildman–Crippen MR) is 115 cm³/mol. The molecule has 0 aromatic heterocycles. The molecule has 1 saturated heterocycles. The van der Waals surface area contributed by atoms with Crippen LogP contribution >= 0.6 is 23.5 Å². The quantitative estimate of drug-likeness (QED) is 0.541. The SMILES string of the molecule is CSc1ccc(/C=C2/CN(C)C/C(=C\c3ccc(SC)cc3)C2=O)cc1. The molecular formula is C22H23NOS2. The van der Waals surface area contributed by atoms with Crippen LogP contribution in [0.5, 0.6) is 0 Å². The maximum atomic E-state index is 13.0. The van der Waals surface area contributed by atoms with Crippen molar-refractivity contribution in [2.75, 3.05) is 32.6 Å². The summed E-state index contributed by atoms with van der Waals surface area (Å²) in [5, 5.41) is 0. The second-order valence-electron chi connectivity index (χ2n) is 6.39. The fourth-order valence-corrected chi connectivity index (χ4v) is 3.83. The van der Waals surface area contributed by atoms with Crippen molar-refractivity contribution in [3.05, 3.63) is 70.8 Å². The van der Waals surface area contributed by atoms with E-state index in [1.807, 2.05) is 12.2 Å². The summed E-state index contributed by atoms with van der Waals surface area (Å²) in [6.45, 7) is 1.37. The van der Waals surface area contributed by atoms with Crippen molar-refractivity contribution < 1.29 is 4.79 Å². The second kappa shape index (κ2) is 8.76. The molecule has 0 atom stereocenters. The van der Waals surface area contributed by atoms with E-state index in [9.17, 15) is 4.79 Å². The maximum Gasteiger partial charge on any atom is 0.187 e. The van der Waals surface area contributed by atoms with Gasteiger partial charge in [-0.15, -0.1) is 23.5 Å². The monoisotopic (exact) mass is 381 g/mol. The highest BCUT2D eigenvalue weighted by molar-refractivity contribution is 7.98. The number of carbonyl (C=O) groups excluding carboxylic acids is 1. The van der Waals surface area contributed by atoms with Gasteiger partial charge in [-0.3, -0.25) is 9.69 Å². The Morgan fingerprint density at radius 2 is 1.15 bits per heavy atom. The van der Waals surface area contributed by atoms with E-state index in [4.69, 9.17) is 0 Å². The van der Waals surface area contributed by atoms with Gasteiger partial charge in [0.25, 0.3) is 0 Å². The predicted octanol–water partition coefficient (Wildman–Crippen LogP) is 5.11. The number of rotatable bonds is 4. The number of likely N-dealkylation sites (tertiary alicyclic amines) is 1. The molecule has 1 aliphatic heterocycles. The highest BCUT2D eigenvalue weighted by Gasteiger charge is 2.23. The van der Waals surface area contributed by atoms with Crippen molar-refractivity contribution in [3.63, 3.8) is 0 Å². The van der Waals surface area contributed by atoms with E-state index in [1.54, 1.807) is 23.5 Å². The van der Waals surface area contributed by atoms with Gasteiger partial charge in [-0.25, -0.2) is 0 Å². The molecule has 1 aliphatic rings. The molecule has 0 amide bonds. The van der Waals surface area contributed by atoms with Crippen molar-refractivity contribution in [2.45, 2.75) is 9.79 Å². The van der Waals surface area contributed by atoms with Gasteiger partial charge in [-0.2, -0.15) is 0 Å². The number of hydrogen-bond acceptors (Lipinski definition) is 4. The van der Waals surface area contributed by atoms with Crippen LogP contribution in [0.4, 0.5) is 0 Å². The molecule has 0 unspecified atom stereocenters. The summed E-state index contributed by atoms with van der Waals surface area (Å²) < 4.78 is 0. The summed E-state index contributed by atoms with van der Waals surface area (Å²) in [6.07, 6.45) is 8.17. The fourth-order valence-electron chi connectivity index (χ4n) is 3.01. The lowest BCUT2D eigenvalue weighted by molar-refractivity contribution is -0.113. The van der Waals surface area contributed by atoms with Gasteiger partial charge >= 0.3 is 0 Å². The molecule has 3 rings (SSSR count). The number of Topliss-reactive ketones (excluding diaryl/α,β-unsaturated/α-hetero) is 1. The van der Waals surface area contributed by atoms with Crippen LogP contribution in [-0.4, -0.2) is 43.3 Å². The minimum Gasteiger partial charge on any atom is -0.298 e. The molecular weight excluding hydrogens is 358 g/mol. The van der Waals surface area contributed by atoms with E-state index in [1.165, 1.54) is 9.79 Å². The molecule has 1 fully saturated rings. The van der Waals surface area contributed by atoms with Crippen LogP contribution < -0.4 is 0 Å². The first kappa shape index (κ1) is 19.0. The molecule has 2 aromatic rings. The van der Waals surface area contributed by atoms with Crippen molar-refractivity contribution >= 4 is 41.5 Å². The number of nitrogens with zero attached hydrogens (tertiary/aromatic N) is 1. The van der Waals surface area contributed by atoms with Crippen LogP contribution in [0.2, 0.25) is 0 Å². The highest BCUT2D eigenvalue weighted by atomic mass is 32.2. The summed E-state index contributed by atoms with van der Waals surface area (Å²) in [4.78, 5) is 17.6. The lowest BCUT2D eigenvalue weighted by atomic mass is 9.94. The number of piperidine rings is 1. The van der Waals surface area contributed by atoms with Crippen molar-refractivity contribution in [2.24, 2.45) is 0 Å².